The smallest absolute Gasteiger partial charge is 0.0535 e. The summed E-state index contributed by atoms with van der Waals surface area (Å²) in [5, 5.41) is 1.66. The molecule has 0 aliphatic carbocycles. The van der Waals surface area contributed by atoms with Crippen LogP contribution in [0.15, 0.2) is 0 Å². The Morgan fingerprint density at radius 2 is 0.815 bits per heavy atom. The van der Waals surface area contributed by atoms with E-state index in [-0.39, 0.29) is 0 Å². The number of hydrogen-bond acceptors (Lipinski definition) is 6. The van der Waals surface area contributed by atoms with Gasteiger partial charge in [0, 0.05) is 15.7 Å². The number of rotatable bonds is 15. The molecular formula is C21H42S6. The number of thioether (sulfide) groups is 3. The van der Waals surface area contributed by atoms with Gasteiger partial charge in [-0.3, -0.25) is 0 Å². The van der Waals surface area contributed by atoms with E-state index in [0.717, 1.165) is 0 Å². The van der Waals surface area contributed by atoms with Crippen molar-refractivity contribution in [3.8, 4) is 0 Å². The Morgan fingerprint density at radius 1 is 0.556 bits per heavy atom. The third-order valence-corrected chi connectivity index (χ3v) is 11.4. The molecule has 6 heteroatoms. The molecule has 1 aliphatic rings. The summed E-state index contributed by atoms with van der Waals surface area (Å²) in [5.41, 5.74) is 0. The van der Waals surface area contributed by atoms with E-state index in [1.165, 1.54) is 77.0 Å². The molecule has 0 spiro atoms. The number of unbranched alkanes of at least 4 members (excludes halogenated alkanes) is 3. The molecule has 1 rings (SSSR count). The first-order valence-corrected chi connectivity index (χ1v) is 15.4. The number of hydrogen-bond donors (Lipinski definition) is 3. The SMILES string of the molecule is CCCCC(S)CC1SC(CC(S)CCCC)SC(CC(S)CCCC)S1. The van der Waals surface area contributed by atoms with Crippen molar-refractivity contribution in [2.75, 3.05) is 0 Å². The van der Waals surface area contributed by atoms with Gasteiger partial charge in [0.25, 0.3) is 0 Å². The molecule has 0 radical (unpaired) electrons. The molecule has 0 bridgehead atoms. The van der Waals surface area contributed by atoms with E-state index in [9.17, 15) is 0 Å². The maximum atomic E-state index is 4.90. The molecule has 0 aromatic carbocycles. The third-order valence-electron chi connectivity index (χ3n) is 4.98. The molecule has 1 saturated heterocycles. The van der Waals surface area contributed by atoms with Crippen molar-refractivity contribution < 1.29 is 0 Å². The Kier molecular flexibility index (Phi) is 16.8. The largest absolute Gasteiger partial charge is 0.176 e. The molecule has 1 fully saturated rings. The summed E-state index contributed by atoms with van der Waals surface area (Å²) in [5.74, 6) is 0. The van der Waals surface area contributed by atoms with E-state index < -0.39 is 0 Å². The highest BCUT2D eigenvalue weighted by molar-refractivity contribution is 8.33. The fourth-order valence-electron chi connectivity index (χ4n) is 3.28. The van der Waals surface area contributed by atoms with Crippen LogP contribution in [0.2, 0.25) is 0 Å². The second-order valence-corrected chi connectivity index (χ2v) is 15.1. The van der Waals surface area contributed by atoms with Crippen LogP contribution in [-0.2, 0) is 0 Å². The normalized spacial score (nSPS) is 26.7. The van der Waals surface area contributed by atoms with Crippen molar-refractivity contribution in [2.45, 2.75) is 127 Å². The van der Waals surface area contributed by atoms with Crippen LogP contribution in [0, 0.1) is 0 Å². The van der Waals surface area contributed by atoms with Crippen LogP contribution in [0.4, 0.5) is 0 Å². The molecule has 27 heavy (non-hydrogen) atoms. The summed E-state index contributed by atoms with van der Waals surface area (Å²) in [7, 11) is 0. The van der Waals surface area contributed by atoms with Gasteiger partial charge in [-0.1, -0.05) is 59.3 Å². The van der Waals surface area contributed by atoms with Crippen LogP contribution < -0.4 is 0 Å². The molecule has 0 saturated carbocycles. The average Bonchev–Trinajstić information content (AvgIpc) is 2.62. The Bertz CT molecular complexity index is 295. The van der Waals surface area contributed by atoms with Crippen molar-refractivity contribution in [3.05, 3.63) is 0 Å². The average molecular weight is 487 g/mol. The minimum Gasteiger partial charge on any atom is -0.176 e. The Hall–Kier alpha value is 2.10. The molecule has 0 aromatic rings. The highest BCUT2D eigenvalue weighted by Gasteiger charge is 2.33. The summed E-state index contributed by atoms with van der Waals surface area (Å²) in [4.78, 5) is 0. The summed E-state index contributed by atoms with van der Waals surface area (Å²) in [6, 6.07) is 0. The molecule has 0 N–H and O–H groups in total. The molecule has 162 valence electrons. The van der Waals surface area contributed by atoms with Crippen LogP contribution in [0.3, 0.4) is 0 Å². The van der Waals surface area contributed by atoms with E-state index in [2.05, 4.69) is 56.1 Å². The summed E-state index contributed by atoms with van der Waals surface area (Å²) in [6.45, 7) is 6.83. The zero-order chi connectivity index (χ0) is 20.1. The van der Waals surface area contributed by atoms with Gasteiger partial charge >= 0.3 is 0 Å². The minimum absolute atomic E-state index is 0.554. The summed E-state index contributed by atoms with van der Waals surface area (Å²) >= 11 is 21.3. The molecule has 0 aromatic heterocycles. The molecule has 1 heterocycles. The third kappa shape index (κ3) is 13.2. The quantitative estimate of drug-likeness (QED) is 0.198. The van der Waals surface area contributed by atoms with Gasteiger partial charge in [-0.15, -0.1) is 35.3 Å². The first kappa shape index (κ1) is 27.1. The fraction of sp³-hybridized carbons (Fsp3) is 1.00. The van der Waals surface area contributed by atoms with Crippen molar-refractivity contribution in [3.63, 3.8) is 0 Å². The van der Waals surface area contributed by atoms with Gasteiger partial charge in [0.05, 0.1) is 13.7 Å². The first-order chi connectivity index (χ1) is 13.0. The monoisotopic (exact) mass is 486 g/mol. The standard InChI is InChI=1S/C21H42S6/c1-4-7-10-16(22)13-19-25-20(14-17(23)11-8-5-2)27-21(26-19)15-18(24)12-9-6-3/h16-24H,4-15H2,1-3H3. The molecule has 0 nitrogen and oxygen atoms in total. The van der Waals surface area contributed by atoms with Gasteiger partial charge in [0.15, 0.2) is 0 Å². The predicted octanol–water partition coefficient (Wildman–Crippen LogP) is 8.81. The molecular weight excluding hydrogens is 445 g/mol. The van der Waals surface area contributed by atoms with E-state index in [4.69, 9.17) is 37.9 Å². The molecule has 0 amide bonds. The second kappa shape index (κ2) is 16.8. The van der Waals surface area contributed by atoms with E-state index in [1.807, 2.05) is 0 Å². The van der Waals surface area contributed by atoms with Crippen LogP contribution in [0.5, 0.6) is 0 Å². The summed E-state index contributed by atoms with van der Waals surface area (Å²) < 4.78 is 2.08. The van der Waals surface area contributed by atoms with Crippen LogP contribution >= 0.6 is 73.2 Å². The molecule has 1 aliphatic heterocycles. The van der Waals surface area contributed by atoms with Gasteiger partial charge < -0.3 is 0 Å². The van der Waals surface area contributed by atoms with E-state index >= 15 is 0 Å². The van der Waals surface area contributed by atoms with Crippen molar-refractivity contribution in [1.29, 1.82) is 0 Å². The Balaban J connectivity index is 2.58. The van der Waals surface area contributed by atoms with Gasteiger partial charge in [0.2, 0.25) is 0 Å². The topological polar surface area (TPSA) is 0 Å². The van der Waals surface area contributed by atoms with Gasteiger partial charge in [-0.2, -0.15) is 37.9 Å². The van der Waals surface area contributed by atoms with Crippen molar-refractivity contribution >= 4 is 73.2 Å². The Morgan fingerprint density at radius 3 is 1.04 bits per heavy atom. The predicted molar refractivity (Wildman–Crippen MR) is 145 cm³/mol. The lowest BCUT2D eigenvalue weighted by molar-refractivity contribution is 0.657. The van der Waals surface area contributed by atoms with Crippen LogP contribution in [0.1, 0.15) is 97.8 Å². The lowest BCUT2D eigenvalue weighted by atomic mass is 10.1. The molecule has 3 unspecified atom stereocenters. The highest BCUT2D eigenvalue weighted by Crippen LogP contribution is 2.52. The van der Waals surface area contributed by atoms with Gasteiger partial charge in [-0.25, -0.2) is 0 Å². The van der Waals surface area contributed by atoms with Crippen molar-refractivity contribution in [2.24, 2.45) is 0 Å². The van der Waals surface area contributed by atoms with Crippen molar-refractivity contribution in [1.82, 2.24) is 0 Å². The summed E-state index contributed by atoms with van der Waals surface area (Å²) in [6.07, 6.45) is 15.3. The maximum Gasteiger partial charge on any atom is 0.0535 e. The fourth-order valence-corrected chi connectivity index (χ4v) is 12.2. The van der Waals surface area contributed by atoms with Crippen LogP contribution in [-0.4, -0.2) is 29.5 Å². The van der Waals surface area contributed by atoms with E-state index in [1.54, 1.807) is 0 Å². The van der Waals surface area contributed by atoms with Crippen LogP contribution in [0.25, 0.3) is 0 Å². The zero-order valence-electron chi connectivity index (χ0n) is 17.5. The minimum atomic E-state index is 0.554. The van der Waals surface area contributed by atoms with Gasteiger partial charge in [-0.05, 0) is 38.5 Å². The highest BCUT2D eigenvalue weighted by atomic mass is 32.3. The first-order valence-electron chi connectivity index (χ1n) is 11.0. The lowest BCUT2D eigenvalue weighted by Gasteiger charge is -2.36. The second-order valence-electron chi connectivity index (χ2n) is 7.79. The zero-order valence-corrected chi connectivity index (χ0v) is 22.6. The van der Waals surface area contributed by atoms with E-state index in [0.29, 0.717) is 29.5 Å². The van der Waals surface area contributed by atoms with Gasteiger partial charge in [0.1, 0.15) is 0 Å². The maximum absolute atomic E-state index is 4.90. The number of thiol groups is 3. The molecule has 3 atom stereocenters. The Labute approximate surface area is 199 Å². The lowest BCUT2D eigenvalue weighted by Crippen LogP contribution is -2.24.